The fourth-order valence-corrected chi connectivity index (χ4v) is 2.32. The number of phenols is 1. The summed E-state index contributed by atoms with van der Waals surface area (Å²) in [5, 5.41) is 27.5. The molecule has 12 nitrogen and oxygen atoms in total. The summed E-state index contributed by atoms with van der Waals surface area (Å²) < 4.78 is 33.3. The van der Waals surface area contributed by atoms with Gasteiger partial charge in [-0.1, -0.05) is 0 Å². The van der Waals surface area contributed by atoms with Gasteiger partial charge in [0.1, 0.15) is 27.2 Å². The number of nitrogen functional groups attached to an aromatic ring is 2. The van der Waals surface area contributed by atoms with Crippen molar-refractivity contribution in [2.24, 2.45) is 10.2 Å². The van der Waals surface area contributed by atoms with E-state index in [4.69, 9.17) is 11.5 Å². The number of phenolic OH excluding ortho intramolecular Hbond substituents is 1. The molecule has 134 valence electrons. The molecule has 25 heavy (non-hydrogen) atoms. The van der Waals surface area contributed by atoms with Gasteiger partial charge in [0.05, 0.1) is 21.2 Å². The van der Waals surface area contributed by atoms with Crippen molar-refractivity contribution in [1.29, 1.82) is 0 Å². The van der Waals surface area contributed by atoms with E-state index in [0.717, 1.165) is 30.3 Å². The molecule has 0 heterocycles. The Balaban J connectivity index is 0.00000312. The van der Waals surface area contributed by atoms with Crippen molar-refractivity contribution in [2.45, 2.75) is 4.90 Å². The standard InChI is InChI=1S/C12H11N5O6S.H3N/c13-7-4-8(14)12(24(21,22)23)5-9(7)15-16-10-3-6(17(19)20)1-2-11(10)18;/h1-5,18H,13-14H2,(H,21,22,23);1H3. The number of nitrogens with two attached hydrogens (primary N) is 2. The van der Waals surface area contributed by atoms with Crippen LogP contribution in [-0.4, -0.2) is 23.0 Å². The molecule has 0 aliphatic carbocycles. The second-order valence-corrected chi connectivity index (χ2v) is 5.88. The van der Waals surface area contributed by atoms with E-state index in [1.807, 2.05) is 0 Å². The Morgan fingerprint density at radius 3 is 2.20 bits per heavy atom. The number of hydrogen-bond donors (Lipinski definition) is 4. The molecule has 0 bridgehead atoms. The molecule has 0 aliphatic rings. The molecule has 0 atom stereocenters. The second-order valence-electron chi connectivity index (χ2n) is 4.53. The van der Waals surface area contributed by atoms with Crippen molar-refractivity contribution in [3.8, 4) is 5.75 Å². The van der Waals surface area contributed by atoms with Gasteiger partial charge in [0.2, 0.25) is 0 Å². The van der Waals surface area contributed by atoms with Gasteiger partial charge in [0.25, 0.3) is 5.69 Å². The van der Waals surface area contributed by atoms with Gasteiger partial charge in [0.15, 0.2) is 0 Å². The van der Waals surface area contributed by atoms with Crippen LogP contribution in [0.2, 0.25) is 0 Å². The van der Waals surface area contributed by atoms with Crippen LogP contribution in [0, 0.1) is 10.1 Å². The normalized spacial score (nSPS) is 11.2. The maximum absolute atomic E-state index is 11.1. The summed E-state index contributed by atoms with van der Waals surface area (Å²) in [4.78, 5) is 9.28. The van der Waals surface area contributed by atoms with Crippen molar-refractivity contribution >= 4 is 38.6 Å². The fourth-order valence-electron chi connectivity index (χ4n) is 1.72. The third kappa shape index (κ3) is 4.37. The summed E-state index contributed by atoms with van der Waals surface area (Å²) in [5.41, 5.74) is 9.82. The highest BCUT2D eigenvalue weighted by molar-refractivity contribution is 7.86. The number of azo groups is 1. The van der Waals surface area contributed by atoms with Crippen LogP contribution < -0.4 is 17.6 Å². The first-order valence-electron chi connectivity index (χ1n) is 6.13. The van der Waals surface area contributed by atoms with E-state index in [2.05, 4.69) is 10.2 Å². The Labute approximate surface area is 141 Å². The lowest BCUT2D eigenvalue weighted by Crippen LogP contribution is -2.04. The summed E-state index contributed by atoms with van der Waals surface area (Å²) in [7, 11) is -4.85. The maximum atomic E-state index is 11.1. The summed E-state index contributed by atoms with van der Waals surface area (Å²) in [6, 6.07) is 4.91. The predicted octanol–water partition coefficient (Wildman–Crippen LogP) is 2.16. The number of hydrogen-bond acceptors (Lipinski definition) is 10. The molecule has 2 aromatic rings. The molecule has 0 unspecified atom stereocenters. The quantitative estimate of drug-likeness (QED) is 0.204. The molecule has 0 spiro atoms. The van der Waals surface area contributed by atoms with Crippen LogP contribution in [0.15, 0.2) is 45.5 Å². The zero-order valence-electron chi connectivity index (χ0n) is 12.8. The van der Waals surface area contributed by atoms with Gasteiger partial charge in [0, 0.05) is 12.1 Å². The van der Waals surface area contributed by atoms with Crippen molar-refractivity contribution < 1.29 is 23.0 Å². The first-order chi connectivity index (χ1) is 11.1. The molecule has 0 amide bonds. The molecule has 13 heteroatoms. The summed E-state index contributed by atoms with van der Waals surface area (Å²) in [5.74, 6) is -0.393. The molecule has 0 aromatic heterocycles. The lowest BCUT2D eigenvalue weighted by Gasteiger charge is -2.11. The zero-order valence-corrected chi connectivity index (χ0v) is 13.6. The van der Waals surface area contributed by atoms with Gasteiger partial charge in [-0.3, -0.25) is 10.1 Å². The highest BCUT2D eigenvalue weighted by atomic mass is 32.2. The number of nitro groups is 1. The molecule has 0 saturated carbocycles. The number of benzene rings is 2. The van der Waals surface area contributed by atoms with E-state index in [0.29, 0.717) is 0 Å². The lowest BCUT2D eigenvalue weighted by molar-refractivity contribution is -0.384. The first-order valence-corrected chi connectivity index (χ1v) is 7.54. The maximum Gasteiger partial charge on any atom is 0.271 e. The van der Waals surface area contributed by atoms with E-state index < -0.39 is 25.7 Å². The monoisotopic (exact) mass is 370 g/mol. The Morgan fingerprint density at radius 2 is 1.64 bits per heavy atom. The number of anilines is 2. The van der Waals surface area contributed by atoms with Crippen LogP contribution >= 0.6 is 0 Å². The molecule has 0 saturated heterocycles. The van der Waals surface area contributed by atoms with Crippen molar-refractivity contribution in [3.05, 3.63) is 40.4 Å². The smallest absolute Gasteiger partial charge is 0.271 e. The van der Waals surface area contributed by atoms with Crippen LogP contribution in [0.4, 0.5) is 28.4 Å². The van der Waals surface area contributed by atoms with E-state index in [1.165, 1.54) is 0 Å². The Morgan fingerprint density at radius 1 is 1.04 bits per heavy atom. The van der Waals surface area contributed by atoms with Crippen LogP contribution in [0.5, 0.6) is 5.75 Å². The molecule has 0 fully saturated rings. The molecule has 0 radical (unpaired) electrons. The average molecular weight is 370 g/mol. The van der Waals surface area contributed by atoms with Crippen molar-refractivity contribution in [2.75, 3.05) is 11.5 Å². The number of aromatic hydroxyl groups is 1. The molecule has 2 rings (SSSR count). The number of non-ortho nitro benzene ring substituents is 1. The molecular formula is C12H14N6O6S. The fraction of sp³-hybridized carbons (Fsp3) is 0. The third-order valence-electron chi connectivity index (χ3n) is 2.86. The Kier molecular flexibility index (Phi) is 5.59. The van der Waals surface area contributed by atoms with Crippen LogP contribution in [0.3, 0.4) is 0 Å². The van der Waals surface area contributed by atoms with Gasteiger partial charge in [-0.05, 0) is 18.2 Å². The van der Waals surface area contributed by atoms with Gasteiger partial charge in [-0.15, -0.1) is 10.2 Å². The number of nitro benzene ring substituents is 1. The average Bonchev–Trinajstić information content (AvgIpc) is 2.46. The van der Waals surface area contributed by atoms with Crippen molar-refractivity contribution in [1.82, 2.24) is 6.15 Å². The molecular weight excluding hydrogens is 356 g/mol. The SMILES string of the molecule is Nc1cc(N)c(S(=O)(=O)[O-])cc1N=Nc1cc([N+](=O)[O-])ccc1O.[NH4+]. The van der Waals surface area contributed by atoms with E-state index in [-0.39, 0.29) is 34.6 Å². The van der Waals surface area contributed by atoms with Crippen LogP contribution in [0.25, 0.3) is 0 Å². The number of nitrogens with zero attached hydrogens (tertiary/aromatic N) is 3. The minimum absolute atomic E-state index is 0. The number of rotatable bonds is 4. The highest BCUT2D eigenvalue weighted by Gasteiger charge is 2.13. The van der Waals surface area contributed by atoms with E-state index in [1.54, 1.807) is 0 Å². The minimum Gasteiger partial charge on any atom is -0.744 e. The van der Waals surface area contributed by atoms with Crippen LogP contribution in [-0.2, 0) is 10.1 Å². The summed E-state index contributed by atoms with van der Waals surface area (Å²) in [6.07, 6.45) is 0. The highest BCUT2D eigenvalue weighted by Crippen LogP contribution is 2.35. The van der Waals surface area contributed by atoms with Crippen LogP contribution in [0.1, 0.15) is 0 Å². The van der Waals surface area contributed by atoms with Gasteiger partial charge >= 0.3 is 0 Å². The van der Waals surface area contributed by atoms with Gasteiger partial charge < -0.3 is 27.3 Å². The zero-order chi connectivity index (χ0) is 18.1. The summed E-state index contributed by atoms with van der Waals surface area (Å²) in [6.45, 7) is 0. The molecule has 2 aromatic carbocycles. The third-order valence-corrected chi connectivity index (χ3v) is 3.76. The Bertz CT molecular complexity index is 959. The van der Waals surface area contributed by atoms with Gasteiger partial charge in [-0.25, -0.2) is 8.42 Å². The second kappa shape index (κ2) is 7.08. The van der Waals surface area contributed by atoms with Crippen molar-refractivity contribution in [3.63, 3.8) is 0 Å². The summed E-state index contributed by atoms with van der Waals surface area (Å²) >= 11 is 0. The largest absolute Gasteiger partial charge is 0.744 e. The predicted molar refractivity (Wildman–Crippen MR) is 88.2 cm³/mol. The lowest BCUT2D eigenvalue weighted by atomic mass is 10.2. The van der Waals surface area contributed by atoms with E-state index >= 15 is 0 Å². The molecule has 0 aliphatic heterocycles. The minimum atomic E-state index is -4.85. The topological polar surface area (TPSA) is 234 Å². The van der Waals surface area contributed by atoms with Gasteiger partial charge in [-0.2, -0.15) is 0 Å². The number of quaternary nitrogens is 1. The first kappa shape index (κ1) is 19.8. The van der Waals surface area contributed by atoms with E-state index in [9.17, 15) is 28.2 Å². The Hall–Kier alpha value is -3.29. The molecule has 9 N–H and O–H groups in total.